The molecule has 0 unspecified atom stereocenters. The van der Waals surface area contributed by atoms with Crippen molar-refractivity contribution in [1.82, 2.24) is 4.90 Å². The van der Waals surface area contributed by atoms with Crippen molar-refractivity contribution in [2.45, 2.75) is 13.5 Å². The molecule has 0 spiro atoms. The first-order chi connectivity index (χ1) is 10.7. The van der Waals surface area contributed by atoms with Crippen LogP contribution in [0, 0.1) is 5.82 Å². The summed E-state index contributed by atoms with van der Waals surface area (Å²) in [7, 11) is 2.01. The topological polar surface area (TPSA) is 21.7 Å². The molecule has 0 atom stereocenters. The first-order valence-electron chi connectivity index (χ1n) is 7.47. The summed E-state index contributed by atoms with van der Waals surface area (Å²) >= 11 is 0. The van der Waals surface area contributed by atoms with E-state index in [1.54, 1.807) is 18.2 Å². The fourth-order valence-electron chi connectivity index (χ4n) is 2.17. The van der Waals surface area contributed by atoms with Gasteiger partial charge in [0.05, 0.1) is 6.61 Å². The van der Waals surface area contributed by atoms with Crippen LogP contribution in [-0.4, -0.2) is 31.7 Å². The number of hydrogen-bond acceptors (Lipinski definition) is 3. The SMILES string of the molecule is CCOc1ccccc1CN(C)CCOc1ccccc1F. The Hall–Kier alpha value is -2.07. The van der Waals surface area contributed by atoms with Gasteiger partial charge in [-0.15, -0.1) is 0 Å². The van der Waals surface area contributed by atoms with Crippen molar-refractivity contribution in [3.8, 4) is 11.5 Å². The summed E-state index contributed by atoms with van der Waals surface area (Å²) in [5, 5.41) is 0. The predicted octanol–water partition coefficient (Wildman–Crippen LogP) is 3.74. The van der Waals surface area contributed by atoms with Gasteiger partial charge in [0.15, 0.2) is 11.6 Å². The van der Waals surface area contributed by atoms with Gasteiger partial charge in [0.1, 0.15) is 12.4 Å². The summed E-state index contributed by atoms with van der Waals surface area (Å²) in [6.45, 7) is 4.53. The Morgan fingerprint density at radius 3 is 2.36 bits per heavy atom. The standard InChI is InChI=1S/C18H22FNO2/c1-3-21-17-10-6-4-8-15(17)14-20(2)12-13-22-18-11-7-5-9-16(18)19/h4-11H,3,12-14H2,1-2H3. The highest BCUT2D eigenvalue weighted by Gasteiger charge is 2.07. The molecule has 22 heavy (non-hydrogen) atoms. The maximum atomic E-state index is 13.4. The third kappa shape index (κ3) is 4.74. The summed E-state index contributed by atoms with van der Waals surface area (Å²) in [6, 6.07) is 14.5. The van der Waals surface area contributed by atoms with Crippen LogP contribution in [0.15, 0.2) is 48.5 Å². The van der Waals surface area contributed by atoms with Gasteiger partial charge in [0.25, 0.3) is 0 Å². The molecule has 0 aliphatic carbocycles. The molecule has 118 valence electrons. The van der Waals surface area contributed by atoms with Crippen molar-refractivity contribution in [1.29, 1.82) is 0 Å². The molecule has 0 bridgehead atoms. The Labute approximate surface area is 131 Å². The van der Waals surface area contributed by atoms with Gasteiger partial charge < -0.3 is 9.47 Å². The van der Waals surface area contributed by atoms with Crippen LogP contribution in [0.25, 0.3) is 0 Å². The summed E-state index contributed by atoms with van der Waals surface area (Å²) in [5.74, 6) is 0.879. The minimum absolute atomic E-state index is 0.297. The lowest BCUT2D eigenvalue weighted by atomic mass is 10.2. The van der Waals surface area contributed by atoms with Crippen LogP contribution in [0.5, 0.6) is 11.5 Å². The number of halogens is 1. The predicted molar refractivity (Wildman–Crippen MR) is 85.8 cm³/mol. The number of ether oxygens (including phenoxy) is 2. The number of nitrogens with zero attached hydrogens (tertiary/aromatic N) is 1. The molecule has 0 fully saturated rings. The second kappa shape index (κ2) is 8.39. The van der Waals surface area contributed by atoms with Crippen LogP contribution in [-0.2, 0) is 6.54 Å². The molecule has 4 heteroatoms. The van der Waals surface area contributed by atoms with Crippen molar-refractivity contribution in [3.05, 3.63) is 59.9 Å². The van der Waals surface area contributed by atoms with Gasteiger partial charge >= 0.3 is 0 Å². The van der Waals surface area contributed by atoms with Crippen LogP contribution >= 0.6 is 0 Å². The largest absolute Gasteiger partial charge is 0.494 e. The van der Waals surface area contributed by atoms with Crippen molar-refractivity contribution in [3.63, 3.8) is 0 Å². The van der Waals surface area contributed by atoms with E-state index in [1.165, 1.54) is 6.07 Å². The molecule has 0 aliphatic rings. The quantitative estimate of drug-likeness (QED) is 0.741. The van der Waals surface area contributed by atoms with E-state index >= 15 is 0 Å². The van der Waals surface area contributed by atoms with Gasteiger partial charge in [0.2, 0.25) is 0 Å². The Bertz CT molecular complexity index is 589. The number of likely N-dealkylation sites (N-methyl/N-ethyl adjacent to an activating group) is 1. The lowest BCUT2D eigenvalue weighted by Gasteiger charge is -2.19. The van der Waals surface area contributed by atoms with E-state index in [-0.39, 0.29) is 5.82 Å². The Balaban J connectivity index is 1.83. The molecule has 0 aromatic heterocycles. The zero-order chi connectivity index (χ0) is 15.8. The van der Waals surface area contributed by atoms with Crippen molar-refractivity contribution in [2.24, 2.45) is 0 Å². The van der Waals surface area contributed by atoms with Gasteiger partial charge in [-0.25, -0.2) is 4.39 Å². The number of rotatable bonds is 8. The van der Waals surface area contributed by atoms with Crippen molar-refractivity contribution >= 4 is 0 Å². The van der Waals surface area contributed by atoms with Crippen LogP contribution in [0.3, 0.4) is 0 Å². The maximum absolute atomic E-state index is 13.4. The molecule has 2 rings (SSSR count). The van der Waals surface area contributed by atoms with E-state index in [0.717, 1.165) is 17.9 Å². The Morgan fingerprint density at radius 1 is 0.955 bits per heavy atom. The maximum Gasteiger partial charge on any atom is 0.165 e. The second-order valence-electron chi connectivity index (χ2n) is 5.06. The zero-order valence-corrected chi connectivity index (χ0v) is 13.1. The highest BCUT2D eigenvalue weighted by Crippen LogP contribution is 2.19. The van der Waals surface area contributed by atoms with Gasteiger partial charge in [-0.3, -0.25) is 4.90 Å². The minimum atomic E-state index is -0.327. The van der Waals surface area contributed by atoms with Gasteiger partial charge in [-0.2, -0.15) is 0 Å². The van der Waals surface area contributed by atoms with E-state index in [0.29, 0.717) is 25.5 Å². The average Bonchev–Trinajstić information content (AvgIpc) is 2.51. The van der Waals surface area contributed by atoms with Gasteiger partial charge in [-0.1, -0.05) is 30.3 Å². The molecule has 0 amide bonds. The summed E-state index contributed by atoms with van der Waals surface area (Å²) < 4.78 is 24.5. The summed E-state index contributed by atoms with van der Waals surface area (Å²) in [5.41, 5.74) is 1.14. The molecular formula is C18H22FNO2. The smallest absolute Gasteiger partial charge is 0.165 e. The molecule has 3 nitrogen and oxygen atoms in total. The van der Waals surface area contributed by atoms with E-state index in [9.17, 15) is 4.39 Å². The van der Waals surface area contributed by atoms with E-state index in [4.69, 9.17) is 9.47 Å². The van der Waals surface area contributed by atoms with Crippen molar-refractivity contribution in [2.75, 3.05) is 26.8 Å². The molecule has 2 aromatic carbocycles. The first kappa shape index (κ1) is 16.3. The number of benzene rings is 2. The third-order valence-electron chi connectivity index (χ3n) is 3.28. The van der Waals surface area contributed by atoms with Crippen LogP contribution in [0.1, 0.15) is 12.5 Å². The summed E-state index contributed by atoms with van der Waals surface area (Å²) in [4.78, 5) is 2.12. The van der Waals surface area contributed by atoms with Gasteiger partial charge in [-0.05, 0) is 32.2 Å². The number of hydrogen-bond donors (Lipinski definition) is 0. The van der Waals surface area contributed by atoms with Crippen LogP contribution < -0.4 is 9.47 Å². The van der Waals surface area contributed by atoms with Crippen LogP contribution in [0.2, 0.25) is 0 Å². The number of para-hydroxylation sites is 2. The zero-order valence-electron chi connectivity index (χ0n) is 13.1. The Kier molecular flexibility index (Phi) is 6.22. The summed E-state index contributed by atoms with van der Waals surface area (Å²) in [6.07, 6.45) is 0. The average molecular weight is 303 g/mol. The highest BCUT2D eigenvalue weighted by atomic mass is 19.1. The fourth-order valence-corrected chi connectivity index (χ4v) is 2.17. The Morgan fingerprint density at radius 2 is 1.64 bits per heavy atom. The molecule has 0 saturated carbocycles. The lowest BCUT2D eigenvalue weighted by Crippen LogP contribution is -2.24. The van der Waals surface area contributed by atoms with E-state index in [1.807, 2.05) is 32.2 Å². The van der Waals surface area contributed by atoms with Gasteiger partial charge in [0, 0.05) is 18.7 Å². The second-order valence-corrected chi connectivity index (χ2v) is 5.06. The van der Waals surface area contributed by atoms with Crippen LogP contribution in [0.4, 0.5) is 4.39 Å². The third-order valence-corrected chi connectivity index (χ3v) is 3.28. The monoisotopic (exact) mass is 303 g/mol. The molecule has 2 aromatic rings. The molecule has 0 radical (unpaired) electrons. The molecule has 0 N–H and O–H groups in total. The molecule has 0 heterocycles. The first-order valence-corrected chi connectivity index (χ1v) is 7.47. The normalized spacial score (nSPS) is 10.7. The van der Waals surface area contributed by atoms with E-state index < -0.39 is 0 Å². The van der Waals surface area contributed by atoms with Crippen molar-refractivity contribution < 1.29 is 13.9 Å². The molecule has 0 aliphatic heterocycles. The minimum Gasteiger partial charge on any atom is -0.494 e. The van der Waals surface area contributed by atoms with E-state index in [2.05, 4.69) is 11.0 Å². The molecular weight excluding hydrogens is 281 g/mol. The molecule has 0 saturated heterocycles. The highest BCUT2D eigenvalue weighted by molar-refractivity contribution is 5.33. The lowest BCUT2D eigenvalue weighted by molar-refractivity contribution is 0.224. The fraction of sp³-hybridized carbons (Fsp3) is 0.333.